The fraction of sp³-hybridized carbons (Fsp3) is 0.350. The van der Waals surface area contributed by atoms with Gasteiger partial charge >= 0.3 is 0 Å². The molecule has 0 heterocycles. The lowest BCUT2D eigenvalue weighted by Crippen LogP contribution is -2.40. The average molecular weight is 344 g/mol. The first-order chi connectivity index (χ1) is 12.0. The van der Waals surface area contributed by atoms with Gasteiger partial charge in [-0.3, -0.25) is 9.69 Å². The Labute approximate surface area is 148 Å². The lowest BCUT2D eigenvalue weighted by atomic mass is 10.1. The van der Waals surface area contributed by atoms with E-state index >= 15 is 0 Å². The molecule has 4 nitrogen and oxygen atoms in total. The SMILES string of the molecule is COc1ccc(CCCN(C)C(C)C(=O)Nc2cccc(F)c2)cc1. The molecular formula is C20H25FN2O2. The standard InChI is InChI=1S/C20H25FN2O2/c1-15(20(24)22-18-8-4-7-17(21)14-18)23(2)13-5-6-16-9-11-19(25-3)12-10-16/h4,7-12,14-15H,5-6,13H2,1-3H3,(H,22,24). The van der Waals surface area contributed by atoms with Crippen molar-refractivity contribution in [3.05, 3.63) is 59.9 Å². The Morgan fingerprint density at radius 1 is 1.24 bits per heavy atom. The molecule has 0 bridgehead atoms. The van der Waals surface area contributed by atoms with Crippen LogP contribution in [0.2, 0.25) is 0 Å². The van der Waals surface area contributed by atoms with Crippen LogP contribution in [0.4, 0.5) is 10.1 Å². The first kappa shape index (κ1) is 18.9. The van der Waals surface area contributed by atoms with E-state index in [9.17, 15) is 9.18 Å². The Balaban J connectivity index is 1.78. The molecule has 1 amide bonds. The first-order valence-corrected chi connectivity index (χ1v) is 8.39. The zero-order valence-corrected chi connectivity index (χ0v) is 15.0. The smallest absolute Gasteiger partial charge is 0.241 e. The number of rotatable bonds is 8. The van der Waals surface area contributed by atoms with Crippen LogP contribution in [-0.4, -0.2) is 37.6 Å². The molecule has 0 radical (unpaired) electrons. The number of carbonyl (C=O) groups excluding carboxylic acids is 1. The molecule has 1 unspecified atom stereocenters. The van der Waals surface area contributed by atoms with Gasteiger partial charge in [-0.25, -0.2) is 4.39 Å². The molecule has 0 spiro atoms. The second kappa shape index (κ2) is 9.18. The molecule has 5 heteroatoms. The van der Waals surface area contributed by atoms with Crippen molar-refractivity contribution in [3.8, 4) is 5.75 Å². The van der Waals surface area contributed by atoms with Gasteiger partial charge in [-0.1, -0.05) is 18.2 Å². The van der Waals surface area contributed by atoms with E-state index in [2.05, 4.69) is 17.4 Å². The van der Waals surface area contributed by atoms with Gasteiger partial charge in [0.05, 0.1) is 13.2 Å². The summed E-state index contributed by atoms with van der Waals surface area (Å²) in [7, 11) is 3.57. The highest BCUT2D eigenvalue weighted by molar-refractivity contribution is 5.94. The van der Waals surface area contributed by atoms with Gasteiger partial charge in [0.25, 0.3) is 0 Å². The van der Waals surface area contributed by atoms with Gasteiger partial charge in [0, 0.05) is 5.69 Å². The molecule has 0 saturated carbocycles. The molecule has 2 aromatic rings. The van der Waals surface area contributed by atoms with Gasteiger partial charge in [0.2, 0.25) is 5.91 Å². The molecule has 1 N–H and O–H groups in total. The van der Waals surface area contributed by atoms with Crippen molar-refractivity contribution >= 4 is 11.6 Å². The van der Waals surface area contributed by atoms with Crippen molar-refractivity contribution in [2.24, 2.45) is 0 Å². The van der Waals surface area contributed by atoms with Crippen LogP contribution in [-0.2, 0) is 11.2 Å². The Morgan fingerprint density at radius 2 is 1.96 bits per heavy atom. The van der Waals surface area contributed by atoms with Gasteiger partial charge in [-0.05, 0) is 69.3 Å². The number of nitrogens with zero attached hydrogens (tertiary/aromatic N) is 1. The van der Waals surface area contributed by atoms with Crippen LogP contribution in [0.15, 0.2) is 48.5 Å². The largest absolute Gasteiger partial charge is 0.497 e. The van der Waals surface area contributed by atoms with Gasteiger partial charge < -0.3 is 10.1 Å². The maximum absolute atomic E-state index is 13.2. The summed E-state index contributed by atoms with van der Waals surface area (Å²) in [5, 5.41) is 2.75. The van der Waals surface area contributed by atoms with Crippen LogP contribution >= 0.6 is 0 Å². The summed E-state index contributed by atoms with van der Waals surface area (Å²) in [6.45, 7) is 2.64. The molecule has 25 heavy (non-hydrogen) atoms. The number of aryl methyl sites for hydroxylation is 1. The molecule has 0 aliphatic carbocycles. The molecule has 0 aliphatic heterocycles. The van der Waals surface area contributed by atoms with Crippen molar-refractivity contribution in [1.29, 1.82) is 0 Å². The van der Waals surface area contributed by atoms with Crippen LogP contribution in [0.1, 0.15) is 18.9 Å². The number of benzene rings is 2. The van der Waals surface area contributed by atoms with Crippen molar-refractivity contribution in [1.82, 2.24) is 4.90 Å². The maximum Gasteiger partial charge on any atom is 0.241 e. The highest BCUT2D eigenvalue weighted by Crippen LogP contribution is 2.14. The van der Waals surface area contributed by atoms with Gasteiger partial charge in [0.15, 0.2) is 0 Å². The summed E-state index contributed by atoms with van der Waals surface area (Å²) in [5.41, 5.74) is 1.72. The third kappa shape index (κ3) is 5.87. The summed E-state index contributed by atoms with van der Waals surface area (Å²) in [6, 6.07) is 13.6. The maximum atomic E-state index is 13.2. The van der Waals surface area contributed by atoms with E-state index in [0.29, 0.717) is 5.69 Å². The number of nitrogens with one attached hydrogen (secondary N) is 1. The topological polar surface area (TPSA) is 41.6 Å². The number of anilines is 1. The number of hydrogen-bond donors (Lipinski definition) is 1. The zero-order chi connectivity index (χ0) is 18.2. The lowest BCUT2D eigenvalue weighted by Gasteiger charge is -2.23. The average Bonchev–Trinajstić information content (AvgIpc) is 2.61. The van der Waals surface area contributed by atoms with E-state index < -0.39 is 0 Å². The fourth-order valence-corrected chi connectivity index (χ4v) is 2.53. The van der Waals surface area contributed by atoms with Crippen LogP contribution in [0.3, 0.4) is 0 Å². The number of hydrogen-bond acceptors (Lipinski definition) is 3. The van der Waals surface area contributed by atoms with Gasteiger partial charge in [0.1, 0.15) is 11.6 Å². The highest BCUT2D eigenvalue weighted by atomic mass is 19.1. The molecule has 0 aromatic heterocycles. The Hall–Kier alpha value is -2.40. The quantitative estimate of drug-likeness (QED) is 0.793. The summed E-state index contributed by atoms with van der Waals surface area (Å²) in [5.74, 6) is 0.347. The summed E-state index contributed by atoms with van der Waals surface area (Å²) < 4.78 is 18.3. The second-order valence-corrected chi connectivity index (χ2v) is 6.11. The minimum Gasteiger partial charge on any atom is -0.497 e. The number of carbonyl (C=O) groups is 1. The van der Waals surface area contributed by atoms with Gasteiger partial charge in [-0.15, -0.1) is 0 Å². The van der Waals surface area contributed by atoms with E-state index in [1.165, 1.54) is 17.7 Å². The fourth-order valence-electron chi connectivity index (χ4n) is 2.53. The van der Waals surface area contributed by atoms with Crippen molar-refractivity contribution in [3.63, 3.8) is 0 Å². The zero-order valence-electron chi connectivity index (χ0n) is 15.0. The normalized spacial score (nSPS) is 12.0. The molecule has 0 fully saturated rings. The van der Waals surface area contributed by atoms with E-state index in [-0.39, 0.29) is 17.8 Å². The van der Waals surface area contributed by atoms with Crippen LogP contribution < -0.4 is 10.1 Å². The Kier molecular flexibility index (Phi) is 6.95. The number of methoxy groups -OCH3 is 1. The predicted molar refractivity (Wildman–Crippen MR) is 98.4 cm³/mol. The van der Waals surface area contributed by atoms with E-state index in [1.807, 2.05) is 31.0 Å². The molecule has 2 aromatic carbocycles. The molecule has 134 valence electrons. The molecule has 1 atom stereocenters. The molecule has 2 rings (SSSR count). The number of amides is 1. The Bertz CT molecular complexity index is 688. The van der Waals surface area contributed by atoms with Gasteiger partial charge in [-0.2, -0.15) is 0 Å². The van der Waals surface area contributed by atoms with E-state index in [4.69, 9.17) is 4.74 Å². The van der Waals surface area contributed by atoms with Crippen LogP contribution in [0.25, 0.3) is 0 Å². The van der Waals surface area contributed by atoms with Crippen molar-refractivity contribution in [2.75, 3.05) is 26.0 Å². The third-order valence-corrected chi connectivity index (χ3v) is 4.27. The molecule has 0 saturated heterocycles. The highest BCUT2D eigenvalue weighted by Gasteiger charge is 2.17. The third-order valence-electron chi connectivity index (χ3n) is 4.27. The van der Waals surface area contributed by atoms with Crippen LogP contribution in [0, 0.1) is 5.82 Å². The number of ether oxygens (including phenoxy) is 1. The van der Waals surface area contributed by atoms with E-state index in [1.54, 1.807) is 19.2 Å². The summed E-state index contributed by atoms with van der Waals surface area (Å²) >= 11 is 0. The number of halogens is 1. The second-order valence-electron chi connectivity index (χ2n) is 6.11. The first-order valence-electron chi connectivity index (χ1n) is 8.39. The summed E-state index contributed by atoms with van der Waals surface area (Å²) in [4.78, 5) is 14.3. The molecular weight excluding hydrogens is 319 g/mol. The minimum atomic E-state index is -0.363. The predicted octanol–water partition coefficient (Wildman–Crippen LogP) is 3.73. The van der Waals surface area contributed by atoms with Crippen LogP contribution in [0.5, 0.6) is 5.75 Å². The molecule has 0 aliphatic rings. The summed E-state index contributed by atoms with van der Waals surface area (Å²) in [6.07, 6.45) is 1.88. The number of likely N-dealkylation sites (N-methyl/N-ethyl adjacent to an activating group) is 1. The Morgan fingerprint density at radius 3 is 2.60 bits per heavy atom. The van der Waals surface area contributed by atoms with Crippen molar-refractivity contribution in [2.45, 2.75) is 25.8 Å². The van der Waals surface area contributed by atoms with E-state index in [0.717, 1.165) is 25.1 Å². The minimum absolute atomic E-state index is 0.141. The monoisotopic (exact) mass is 344 g/mol. The lowest BCUT2D eigenvalue weighted by molar-refractivity contribution is -0.120. The van der Waals surface area contributed by atoms with Crippen molar-refractivity contribution < 1.29 is 13.9 Å².